The Morgan fingerprint density at radius 2 is 1.64 bits per heavy atom. The van der Waals surface area contributed by atoms with Gasteiger partial charge in [0, 0.05) is 64.9 Å². The normalized spacial score (nSPS) is 26.0. The van der Waals surface area contributed by atoms with Crippen LogP contribution in [0.4, 0.5) is 0 Å². The third-order valence-corrected chi connectivity index (χ3v) is 6.76. The van der Waals surface area contributed by atoms with Gasteiger partial charge < -0.3 is 24.8 Å². The van der Waals surface area contributed by atoms with Gasteiger partial charge in [0.25, 0.3) is 0 Å². The molecule has 28 heavy (non-hydrogen) atoms. The van der Waals surface area contributed by atoms with Gasteiger partial charge in [-0.2, -0.15) is 0 Å². The number of hydrogen-bond donors (Lipinski definition) is 2. The Hall–Kier alpha value is -0.890. The first kappa shape index (κ1) is 21.8. The van der Waals surface area contributed by atoms with Crippen LogP contribution in [0.25, 0.3) is 0 Å². The maximum absolute atomic E-state index is 5.87. The predicted octanol–water partition coefficient (Wildman–Crippen LogP) is 1.77. The van der Waals surface area contributed by atoms with Crippen LogP contribution in [0.2, 0.25) is 0 Å². The lowest BCUT2D eigenvalue weighted by atomic mass is 9.80. The Morgan fingerprint density at radius 1 is 0.964 bits per heavy atom. The largest absolute Gasteiger partial charge is 0.381 e. The van der Waals surface area contributed by atoms with Crippen LogP contribution in [0.5, 0.6) is 0 Å². The van der Waals surface area contributed by atoms with Gasteiger partial charge in [-0.25, -0.2) is 0 Å². The van der Waals surface area contributed by atoms with Crippen LogP contribution in [0.3, 0.4) is 0 Å². The quantitative estimate of drug-likeness (QED) is 0.505. The molecule has 7 heteroatoms. The van der Waals surface area contributed by atoms with Crippen molar-refractivity contribution in [3.63, 3.8) is 0 Å². The summed E-state index contributed by atoms with van der Waals surface area (Å²) in [4.78, 5) is 7.71. The highest BCUT2D eigenvalue weighted by Crippen LogP contribution is 2.34. The first-order chi connectivity index (χ1) is 13.7. The van der Waals surface area contributed by atoms with E-state index in [1.165, 1.54) is 32.1 Å². The van der Waals surface area contributed by atoms with Gasteiger partial charge in [0.1, 0.15) is 0 Å². The number of ether oxygens (including phenoxy) is 3. The number of guanidine groups is 1. The molecule has 3 fully saturated rings. The lowest BCUT2D eigenvalue weighted by Crippen LogP contribution is -2.57. The van der Waals surface area contributed by atoms with E-state index >= 15 is 0 Å². The van der Waals surface area contributed by atoms with Crippen LogP contribution in [0.1, 0.15) is 51.9 Å². The molecule has 0 atom stereocenters. The summed E-state index contributed by atoms with van der Waals surface area (Å²) >= 11 is 0. The lowest BCUT2D eigenvalue weighted by Gasteiger charge is -2.47. The summed E-state index contributed by atoms with van der Waals surface area (Å²) in [6.07, 6.45) is 8.31. The minimum atomic E-state index is -0.152. The van der Waals surface area contributed by atoms with Gasteiger partial charge in [0.15, 0.2) is 5.96 Å². The Labute approximate surface area is 170 Å². The van der Waals surface area contributed by atoms with Gasteiger partial charge in [0.05, 0.1) is 25.4 Å². The number of methoxy groups -OCH3 is 1. The number of aliphatic imine (C=N–C) groups is 1. The van der Waals surface area contributed by atoms with Crippen molar-refractivity contribution in [2.45, 2.75) is 63.0 Å². The lowest BCUT2D eigenvalue weighted by molar-refractivity contribution is -0.0855. The van der Waals surface area contributed by atoms with Gasteiger partial charge in [-0.1, -0.05) is 19.3 Å². The molecule has 0 radical (unpaired) electrons. The highest BCUT2D eigenvalue weighted by molar-refractivity contribution is 5.79. The van der Waals surface area contributed by atoms with E-state index < -0.39 is 0 Å². The average molecular weight is 397 g/mol. The van der Waals surface area contributed by atoms with Gasteiger partial charge in [-0.05, 0) is 19.8 Å². The van der Waals surface area contributed by atoms with Gasteiger partial charge >= 0.3 is 0 Å². The van der Waals surface area contributed by atoms with Crippen molar-refractivity contribution in [1.82, 2.24) is 15.5 Å². The fourth-order valence-electron chi connectivity index (χ4n) is 4.83. The van der Waals surface area contributed by atoms with Crippen molar-refractivity contribution in [2.75, 3.05) is 66.3 Å². The number of hydrogen-bond acceptors (Lipinski definition) is 5. The van der Waals surface area contributed by atoms with E-state index in [-0.39, 0.29) is 11.1 Å². The fraction of sp³-hybridized carbons (Fsp3) is 0.952. The van der Waals surface area contributed by atoms with Gasteiger partial charge in [0.2, 0.25) is 0 Å². The van der Waals surface area contributed by atoms with E-state index in [2.05, 4.69) is 22.5 Å². The second kappa shape index (κ2) is 10.8. The molecular formula is C21H40N4O3. The number of nitrogens with one attached hydrogen (secondary N) is 2. The monoisotopic (exact) mass is 396 g/mol. The van der Waals surface area contributed by atoms with Crippen molar-refractivity contribution in [1.29, 1.82) is 0 Å². The number of rotatable bonds is 7. The molecule has 0 bridgehead atoms. The van der Waals surface area contributed by atoms with Crippen LogP contribution in [-0.4, -0.2) is 88.3 Å². The summed E-state index contributed by atoms with van der Waals surface area (Å²) in [5.74, 6) is 0.906. The molecule has 2 heterocycles. The standard InChI is InChI=1S/C21H40N4O3/c1-3-22-19(24-18-21(26-2)9-13-27-14-10-21)23-17-20(7-5-4-6-8-20)25-11-15-28-16-12-25/h3-18H2,1-2H3,(H2,22,23,24). The smallest absolute Gasteiger partial charge is 0.191 e. The van der Waals surface area contributed by atoms with E-state index in [1.807, 2.05) is 7.11 Å². The molecule has 3 rings (SSSR count). The zero-order valence-electron chi connectivity index (χ0n) is 17.9. The minimum absolute atomic E-state index is 0.152. The van der Waals surface area contributed by atoms with Crippen molar-refractivity contribution in [2.24, 2.45) is 4.99 Å². The third kappa shape index (κ3) is 5.59. The van der Waals surface area contributed by atoms with Crippen LogP contribution in [-0.2, 0) is 14.2 Å². The molecule has 1 saturated carbocycles. The summed E-state index contributed by atoms with van der Waals surface area (Å²) in [5, 5.41) is 6.99. The second-order valence-corrected chi connectivity index (χ2v) is 8.43. The Kier molecular flexibility index (Phi) is 8.38. The highest BCUT2D eigenvalue weighted by atomic mass is 16.5. The summed E-state index contributed by atoms with van der Waals surface area (Å²) in [6.45, 7) is 9.90. The van der Waals surface area contributed by atoms with Gasteiger partial charge in [-0.15, -0.1) is 0 Å². The second-order valence-electron chi connectivity index (χ2n) is 8.43. The van der Waals surface area contributed by atoms with Crippen LogP contribution >= 0.6 is 0 Å². The van der Waals surface area contributed by atoms with Crippen LogP contribution < -0.4 is 10.6 Å². The topological polar surface area (TPSA) is 67.4 Å². The molecule has 7 nitrogen and oxygen atoms in total. The minimum Gasteiger partial charge on any atom is -0.381 e. The van der Waals surface area contributed by atoms with Crippen molar-refractivity contribution < 1.29 is 14.2 Å². The van der Waals surface area contributed by atoms with E-state index in [4.69, 9.17) is 19.2 Å². The van der Waals surface area contributed by atoms with E-state index in [0.29, 0.717) is 0 Å². The number of morpholine rings is 1. The Balaban J connectivity index is 1.65. The maximum atomic E-state index is 5.87. The molecule has 2 saturated heterocycles. The molecule has 0 spiro atoms. The number of nitrogens with zero attached hydrogens (tertiary/aromatic N) is 2. The maximum Gasteiger partial charge on any atom is 0.191 e. The van der Waals surface area contributed by atoms with Crippen molar-refractivity contribution >= 4 is 5.96 Å². The van der Waals surface area contributed by atoms with Gasteiger partial charge in [-0.3, -0.25) is 9.89 Å². The zero-order chi connectivity index (χ0) is 19.7. The SMILES string of the molecule is CCNC(=NCC1(N2CCOCC2)CCCCC1)NCC1(OC)CCOCC1. The van der Waals surface area contributed by atoms with E-state index in [9.17, 15) is 0 Å². The first-order valence-corrected chi connectivity index (χ1v) is 11.2. The van der Waals surface area contributed by atoms with Crippen molar-refractivity contribution in [3.05, 3.63) is 0 Å². The van der Waals surface area contributed by atoms with Crippen molar-refractivity contribution in [3.8, 4) is 0 Å². The van der Waals surface area contributed by atoms with E-state index in [0.717, 1.165) is 78.0 Å². The molecule has 0 aromatic heterocycles. The summed E-state index contributed by atoms with van der Waals surface area (Å²) in [5.41, 5.74) is 0.0448. The molecule has 0 aromatic rings. The molecular weight excluding hydrogens is 356 g/mol. The Bertz CT molecular complexity index is 482. The molecule has 162 valence electrons. The molecule has 2 N–H and O–H groups in total. The van der Waals surface area contributed by atoms with Crippen LogP contribution in [0, 0.1) is 0 Å². The zero-order valence-corrected chi connectivity index (χ0v) is 17.9. The first-order valence-electron chi connectivity index (χ1n) is 11.2. The van der Waals surface area contributed by atoms with E-state index in [1.54, 1.807) is 0 Å². The Morgan fingerprint density at radius 3 is 2.29 bits per heavy atom. The third-order valence-electron chi connectivity index (χ3n) is 6.76. The molecule has 3 aliphatic rings. The fourth-order valence-corrected chi connectivity index (χ4v) is 4.83. The molecule has 0 aromatic carbocycles. The molecule has 0 amide bonds. The summed E-state index contributed by atoms with van der Waals surface area (Å²) in [6, 6.07) is 0. The molecule has 2 aliphatic heterocycles. The molecule has 0 unspecified atom stereocenters. The summed E-state index contributed by atoms with van der Waals surface area (Å²) in [7, 11) is 1.81. The van der Waals surface area contributed by atoms with Crippen LogP contribution in [0.15, 0.2) is 4.99 Å². The highest BCUT2D eigenvalue weighted by Gasteiger charge is 2.39. The molecule has 1 aliphatic carbocycles. The predicted molar refractivity (Wildman–Crippen MR) is 112 cm³/mol. The average Bonchev–Trinajstić information content (AvgIpc) is 2.77. The summed E-state index contributed by atoms with van der Waals surface area (Å²) < 4.78 is 17.0.